The molecule has 1 saturated heterocycles. The van der Waals surface area contributed by atoms with Crippen LogP contribution in [0.25, 0.3) is 0 Å². The largest absolute Gasteiger partial charge is 0.371 e. The van der Waals surface area contributed by atoms with Gasteiger partial charge in [0.2, 0.25) is 0 Å². The van der Waals surface area contributed by atoms with E-state index in [9.17, 15) is 4.79 Å². The van der Waals surface area contributed by atoms with Crippen molar-refractivity contribution in [1.29, 1.82) is 0 Å². The Kier molecular flexibility index (Phi) is 1.58. The van der Waals surface area contributed by atoms with Gasteiger partial charge in [0, 0.05) is 6.04 Å². The third-order valence-corrected chi connectivity index (χ3v) is 2.73. The lowest BCUT2D eigenvalue weighted by atomic mass is 10.5. The highest BCUT2D eigenvalue weighted by molar-refractivity contribution is 4.94. The van der Waals surface area contributed by atoms with E-state index in [0.29, 0.717) is 12.6 Å². The van der Waals surface area contributed by atoms with Crippen LogP contribution in [-0.4, -0.2) is 27.1 Å². The molecule has 2 fully saturated rings. The summed E-state index contributed by atoms with van der Waals surface area (Å²) in [5.41, 5.74) is 0.0282. The minimum absolute atomic E-state index is 0.0282. The van der Waals surface area contributed by atoms with Crippen LogP contribution < -0.4 is 5.69 Å². The lowest BCUT2D eigenvalue weighted by Gasteiger charge is -1.96. The van der Waals surface area contributed by atoms with Crippen LogP contribution in [0.2, 0.25) is 0 Å². The summed E-state index contributed by atoms with van der Waals surface area (Å²) in [6.07, 6.45) is 2.45. The van der Waals surface area contributed by atoms with Gasteiger partial charge in [0.25, 0.3) is 0 Å². The topological polar surface area (TPSA) is 52.4 Å². The molecule has 1 atom stereocenters. The third-order valence-electron chi connectivity index (χ3n) is 2.73. The van der Waals surface area contributed by atoms with Gasteiger partial charge in [-0.2, -0.15) is 5.10 Å². The van der Waals surface area contributed by atoms with Crippen molar-refractivity contribution < 1.29 is 4.74 Å². The van der Waals surface area contributed by atoms with Crippen LogP contribution in [0, 0.1) is 6.92 Å². The first kappa shape index (κ1) is 8.23. The van der Waals surface area contributed by atoms with Crippen LogP contribution in [0.4, 0.5) is 0 Å². The summed E-state index contributed by atoms with van der Waals surface area (Å²) in [6, 6.07) is 0.413. The Bertz CT molecular complexity index is 412. The van der Waals surface area contributed by atoms with Crippen molar-refractivity contribution >= 4 is 0 Å². The van der Waals surface area contributed by atoms with Gasteiger partial charge in [0.15, 0.2) is 0 Å². The second kappa shape index (κ2) is 2.70. The number of epoxide rings is 1. The summed E-state index contributed by atoms with van der Waals surface area (Å²) in [5.74, 6) is 0.832. The molecule has 1 aliphatic carbocycles. The molecule has 2 aliphatic rings. The van der Waals surface area contributed by atoms with Gasteiger partial charge in [-0.05, 0) is 19.8 Å². The highest BCUT2D eigenvalue weighted by Gasteiger charge is 2.30. The van der Waals surface area contributed by atoms with E-state index in [1.165, 1.54) is 4.68 Å². The van der Waals surface area contributed by atoms with E-state index in [4.69, 9.17) is 4.74 Å². The molecule has 1 aliphatic heterocycles. The van der Waals surface area contributed by atoms with Crippen molar-refractivity contribution in [2.75, 3.05) is 6.61 Å². The molecule has 0 spiro atoms. The highest BCUT2D eigenvalue weighted by atomic mass is 16.6. The lowest BCUT2D eigenvalue weighted by molar-refractivity contribution is 0.369. The summed E-state index contributed by atoms with van der Waals surface area (Å²) < 4.78 is 8.42. The van der Waals surface area contributed by atoms with Gasteiger partial charge in [-0.3, -0.25) is 4.57 Å². The molecule has 0 aromatic carbocycles. The van der Waals surface area contributed by atoms with Gasteiger partial charge >= 0.3 is 5.69 Å². The summed E-state index contributed by atoms with van der Waals surface area (Å²) in [6.45, 7) is 3.27. The first-order chi connectivity index (χ1) is 6.75. The van der Waals surface area contributed by atoms with Crippen LogP contribution in [0.3, 0.4) is 0 Å². The van der Waals surface area contributed by atoms with Crippen molar-refractivity contribution in [2.45, 2.75) is 38.5 Å². The van der Waals surface area contributed by atoms with E-state index in [0.717, 1.165) is 25.3 Å². The molecule has 5 nitrogen and oxygen atoms in total. The fraction of sp³-hybridized carbons (Fsp3) is 0.778. The molecule has 1 aromatic rings. The molecule has 1 aromatic heterocycles. The molecule has 2 heterocycles. The Hall–Kier alpha value is -1.10. The molecule has 14 heavy (non-hydrogen) atoms. The van der Waals surface area contributed by atoms with Crippen LogP contribution in [0.1, 0.15) is 24.7 Å². The second-order valence-electron chi connectivity index (χ2n) is 4.07. The van der Waals surface area contributed by atoms with Crippen molar-refractivity contribution in [3.05, 3.63) is 16.3 Å². The van der Waals surface area contributed by atoms with E-state index in [-0.39, 0.29) is 11.8 Å². The van der Waals surface area contributed by atoms with E-state index in [2.05, 4.69) is 5.10 Å². The fourth-order valence-electron chi connectivity index (χ4n) is 1.77. The van der Waals surface area contributed by atoms with Gasteiger partial charge in [-0.15, -0.1) is 0 Å². The van der Waals surface area contributed by atoms with E-state index < -0.39 is 0 Å². The zero-order valence-corrected chi connectivity index (χ0v) is 8.14. The molecule has 0 radical (unpaired) electrons. The van der Waals surface area contributed by atoms with Crippen molar-refractivity contribution in [2.24, 2.45) is 0 Å². The Labute approximate surface area is 81.3 Å². The second-order valence-corrected chi connectivity index (χ2v) is 4.07. The van der Waals surface area contributed by atoms with Gasteiger partial charge in [-0.25, -0.2) is 9.48 Å². The number of nitrogens with zero attached hydrogens (tertiary/aromatic N) is 3. The standard InChI is InChI=1S/C9H13N3O2/c1-6-10-11(4-8-5-14-8)9(13)12(6)7-2-3-7/h7-8H,2-5H2,1H3. The average molecular weight is 195 g/mol. The van der Waals surface area contributed by atoms with Gasteiger partial charge in [0.05, 0.1) is 13.2 Å². The summed E-state index contributed by atoms with van der Waals surface area (Å²) in [5, 5.41) is 4.24. The molecule has 0 bridgehead atoms. The number of ether oxygens (including phenoxy) is 1. The number of rotatable bonds is 3. The van der Waals surface area contributed by atoms with Crippen molar-refractivity contribution in [3.63, 3.8) is 0 Å². The molecule has 3 rings (SSSR count). The Morgan fingerprint density at radius 2 is 2.29 bits per heavy atom. The highest BCUT2D eigenvalue weighted by Crippen LogP contribution is 2.34. The number of hydrogen-bond acceptors (Lipinski definition) is 3. The predicted molar refractivity (Wildman–Crippen MR) is 49.2 cm³/mol. The molecule has 0 N–H and O–H groups in total. The number of aryl methyl sites for hydroxylation is 1. The van der Waals surface area contributed by atoms with Crippen LogP contribution in [0.5, 0.6) is 0 Å². The summed E-state index contributed by atoms with van der Waals surface area (Å²) >= 11 is 0. The lowest BCUT2D eigenvalue weighted by Crippen LogP contribution is -2.26. The predicted octanol–water partition coefficient (Wildman–Crippen LogP) is 0.0869. The number of hydrogen-bond donors (Lipinski definition) is 0. The van der Waals surface area contributed by atoms with E-state index >= 15 is 0 Å². The molecule has 5 heteroatoms. The fourth-order valence-corrected chi connectivity index (χ4v) is 1.77. The molecule has 0 amide bonds. The first-order valence-corrected chi connectivity index (χ1v) is 5.03. The molecular weight excluding hydrogens is 182 g/mol. The molecule has 1 unspecified atom stereocenters. The zero-order valence-electron chi connectivity index (χ0n) is 8.14. The van der Waals surface area contributed by atoms with Crippen LogP contribution in [0.15, 0.2) is 4.79 Å². The summed E-state index contributed by atoms with van der Waals surface area (Å²) in [7, 11) is 0. The SMILES string of the molecule is Cc1nn(CC2CO2)c(=O)n1C1CC1. The maximum atomic E-state index is 11.8. The normalized spacial score (nSPS) is 25.4. The maximum Gasteiger partial charge on any atom is 0.346 e. The van der Waals surface area contributed by atoms with E-state index in [1.807, 2.05) is 11.5 Å². The average Bonchev–Trinajstić information content (AvgIpc) is 2.96. The smallest absolute Gasteiger partial charge is 0.346 e. The maximum absolute atomic E-state index is 11.8. The Morgan fingerprint density at radius 3 is 2.86 bits per heavy atom. The Balaban J connectivity index is 1.95. The van der Waals surface area contributed by atoms with Gasteiger partial charge in [0.1, 0.15) is 11.9 Å². The minimum Gasteiger partial charge on any atom is -0.371 e. The third kappa shape index (κ3) is 1.28. The monoisotopic (exact) mass is 195 g/mol. The summed E-state index contributed by atoms with van der Waals surface area (Å²) in [4.78, 5) is 11.8. The first-order valence-electron chi connectivity index (χ1n) is 5.03. The van der Waals surface area contributed by atoms with Gasteiger partial charge in [-0.1, -0.05) is 0 Å². The van der Waals surface area contributed by atoms with Crippen LogP contribution >= 0.6 is 0 Å². The Morgan fingerprint density at radius 1 is 1.57 bits per heavy atom. The van der Waals surface area contributed by atoms with E-state index in [1.54, 1.807) is 0 Å². The minimum atomic E-state index is 0.0282. The molecular formula is C9H13N3O2. The quantitative estimate of drug-likeness (QED) is 0.642. The molecule has 76 valence electrons. The molecule has 1 saturated carbocycles. The van der Waals surface area contributed by atoms with Crippen molar-refractivity contribution in [1.82, 2.24) is 14.3 Å². The van der Waals surface area contributed by atoms with Crippen LogP contribution in [-0.2, 0) is 11.3 Å². The number of aromatic nitrogens is 3. The zero-order chi connectivity index (χ0) is 9.71. The van der Waals surface area contributed by atoms with Gasteiger partial charge < -0.3 is 4.74 Å². The van der Waals surface area contributed by atoms with Crippen molar-refractivity contribution in [3.8, 4) is 0 Å².